The van der Waals surface area contributed by atoms with Gasteiger partial charge in [0.15, 0.2) is 0 Å². The summed E-state index contributed by atoms with van der Waals surface area (Å²) in [4.78, 5) is 21.5. The first-order valence-corrected chi connectivity index (χ1v) is 8.02. The van der Waals surface area contributed by atoms with Gasteiger partial charge in [-0.05, 0) is 25.7 Å². The third-order valence-electron chi connectivity index (χ3n) is 4.20. The van der Waals surface area contributed by atoms with Crippen LogP contribution in [0.4, 0.5) is 10.7 Å². The molecular weight excluding hydrogens is 300 g/mol. The van der Waals surface area contributed by atoms with Crippen LogP contribution in [-0.4, -0.2) is 59.6 Å². The van der Waals surface area contributed by atoms with Crippen LogP contribution in [0.2, 0.25) is 0 Å². The number of ether oxygens (including phenoxy) is 2. The summed E-state index contributed by atoms with van der Waals surface area (Å²) in [5, 5.41) is 11.3. The lowest BCUT2D eigenvalue weighted by atomic mass is 9.93. The Morgan fingerprint density at radius 3 is 2.74 bits per heavy atom. The Kier molecular flexibility index (Phi) is 5.12. The molecule has 1 amide bonds. The fourth-order valence-corrected chi connectivity index (χ4v) is 2.98. The summed E-state index contributed by atoms with van der Waals surface area (Å²) < 4.78 is 11.3. The summed E-state index contributed by atoms with van der Waals surface area (Å²) in [7, 11) is 0. The number of morpholine rings is 1. The lowest BCUT2D eigenvalue weighted by Crippen LogP contribution is -2.39. The summed E-state index contributed by atoms with van der Waals surface area (Å²) in [5.74, 6) is 1.25. The van der Waals surface area contributed by atoms with E-state index in [1.54, 1.807) is 12.3 Å². The van der Waals surface area contributed by atoms with Crippen molar-refractivity contribution in [2.45, 2.75) is 37.8 Å². The molecule has 1 aliphatic carbocycles. The number of aromatic nitrogens is 2. The monoisotopic (exact) mass is 322 g/mol. The van der Waals surface area contributed by atoms with Gasteiger partial charge in [-0.1, -0.05) is 0 Å². The Morgan fingerprint density at radius 2 is 2.04 bits per heavy atom. The van der Waals surface area contributed by atoms with Crippen molar-refractivity contribution >= 4 is 12.0 Å². The van der Waals surface area contributed by atoms with E-state index in [-0.39, 0.29) is 12.1 Å². The number of amides is 1. The number of nitrogens with zero attached hydrogens (tertiary/aromatic N) is 3. The Morgan fingerprint density at radius 1 is 1.30 bits per heavy atom. The van der Waals surface area contributed by atoms with Gasteiger partial charge in [-0.15, -0.1) is 0 Å². The molecule has 2 fully saturated rings. The van der Waals surface area contributed by atoms with Gasteiger partial charge < -0.3 is 24.8 Å². The molecule has 23 heavy (non-hydrogen) atoms. The normalized spacial score (nSPS) is 25.0. The van der Waals surface area contributed by atoms with Gasteiger partial charge in [0, 0.05) is 31.4 Å². The fraction of sp³-hybridized carbons (Fsp3) is 0.667. The Labute approximate surface area is 134 Å². The number of hydrogen-bond acceptors (Lipinski definition) is 6. The summed E-state index contributed by atoms with van der Waals surface area (Å²) >= 11 is 0. The van der Waals surface area contributed by atoms with Crippen molar-refractivity contribution in [1.29, 1.82) is 0 Å². The van der Waals surface area contributed by atoms with Crippen LogP contribution in [0.25, 0.3) is 0 Å². The maximum absolute atomic E-state index is 10.7. The van der Waals surface area contributed by atoms with Crippen molar-refractivity contribution in [2.24, 2.45) is 0 Å². The zero-order valence-electron chi connectivity index (χ0n) is 13.0. The van der Waals surface area contributed by atoms with Crippen LogP contribution >= 0.6 is 0 Å². The second-order valence-corrected chi connectivity index (χ2v) is 5.84. The smallest absolute Gasteiger partial charge is 0.404 e. The quantitative estimate of drug-likeness (QED) is 0.861. The highest BCUT2D eigenvalue weighted by molar-refractivity contribution is 5.64. The van der Waals surface area contributed by atoms with Gasteiger partial charge in [0.05, 0.1) is 13.2 Å². The standard InChI is InChI=1S/C15H22N4O4/c20-15(21)17-11-1-3-12(4-2-11)23-13-5-6-16-14(18-13)19-7-9-22-10-8-19/h5-6,11-12,17H,1-4,7-10H2,(H,20,21)/t11-,12-. The van der Waals surface area contributed by atoms with Crippen molar-refractivity contribution in [3.63, 3.8) is 0 Å². The fourth-order valence-electron chi connectivity index (χ4n) is 2.98. The number of nitrogens with one attached hydrogen (secondary N) is 1. The van der Waals surface area contributed by atoms with E-state index in [2.05, 4.69) is 20.2 Å². The highest BCUT2D eigenvalue weighted by Crippen LogP contribution is 2.23. The molecule has 2 heterocycles. The van der Waals surface area contributed by atoms with Gasteiger partial charge >= 0.3 is 6.09 Å². The number of anilines is 1. The SMILES string of the molecule is O=C(O)N[C@H]1CC[C@H](Oc2ccnc(N3CCOCC3)n2)CC1. The second-order valence-electron chi connectivity index (χ2n) is 5.84. The number of rotatable bonds is 4. The minimum atomic E-state index is -0.958. The third-order valence-corrected chi connectivity index (χ3v) is 4.20. The molecule has 1 saturated heterocycles. The van der Waals surface area contributed by atoms with Crippen molar-refractivity contribution in [3.8, 4) is 5.88 Å². The third kappa shape index (κ3) is 4.44. The lowest BCUT2D eigenvalue weighted by Gasteiger charge is -2.29. The molecule has 1 aromatic heterocycles. The molecule has 0 spiro atoms. The van der Waals surface area contributed by atoms with E-state index >= 15 is 0 Å². The first-order chi connectivity index (χ1) is 11.2. The van der Waals surface area contributed by atoms with E-state index in [1.807, 2.05) is 0 Å². The van der Waals surface area contributed by atoms with Gasteiger partial charge in [-0.3, -0.25) is 0 Å². The predicted octanol–water partition coefficient (Wildman–Crippen LogP) is 1.27. The summed E-state index contributed by atoms with van der Waals surface area (Å²) in [5.41, 5.74) is 0. The van der Waals surface area contributed by atoms with Gasteiger partial charge in [-0.2, -0.15) is 4.98 Å². The average Bonchev–Trinajstić information content (AvgIpc) is 2.57. The summed E-state index contributed by atoms with van der Waals surface area (Å²) in [6, 6.07) is 1.80. The average molecular weight is 322 g/mol. The molecule has 126 valence electrons. The molecule has 3 rings (SSSR count). The predicted molar refractivity (Wildman–Crippen MR) is 82.9 cm³/mol. The van der Waals surface area contributed by atoms with Crippen molar-refractivity contribution in [3.05, 3.63) is 12.3 Å². The molecule has 0 bridgehead atoms. The molecule has 8 heteroatoms. The van der Waals surface area contributed by atoms with E-state index in [1.165, 1.54) is 0 Å². The minimum Gasteiger partial charge on any atom is -0.474 e. The van der Waals surface area contributed by atoms with Crippen LogP contribution in [0.5, 0.6) is 5.88 Å². The van der Waals surface area contributed by atoms with Crippen LogP contribution in [-0.2, 0) is 4.74 Å². The van der Waals surface area contributed by atoms with Crippen molar-refractivity contribution in [2.75, 3.05) is 31.2 Å². The molecule has 1 aliphatic heterocycles. The Hall–Kier alpha value is -2.09. The van der Waals surface area contributed by atoms with Gasteiger partial charge in [0.2, 0.25) is 11.8 Å². The number of carbonyl (C=O) groups is 1. The number of hydrogen-bond donors (Lipinski definition) is 2. The maximum atomic E-state index is 10.7. The van der Waals surface area contributed by atoms with Crippen LogP contribution in [0.15, 0.2) is 12.3 Å². The van der Waals surface area contributed by atoms with E-state index in [4.69, 9.17) is 14.6 Å². The molecular formula is C15H22N4O4. The van der Waals surface area contributed by atoms with E-state index in [0.29, 0.717) is 25.0 Å². The second kappa shape index (κ2) is 7.45. The lowest BCUT2D eigenvalue weighted by molar-refractivity contribution is 0.120. The Bertz CT molecular complexity index is 528. The first kappa shape index (κ1) is 15.8. The highest BCUT2D eigenvalue weighted by atomic mass is 16.5. The van der Waals surface area contributed by atoms with Gasteiger partial charge in [-0.25, -0.2) is 9.78 Å². The molecule has 1 aromatic rings. The number of carboxylic acid groups (broad SMARTS) is 1. The van der Waals surface area contributed by atoms with Crippen molar-refractivity contribution < 1.29 is 19.4 Å². The van der Waals surface area contributed by atoms with E-state index < -0.39 is 6.09 Å². The largest absolute Gasteiger partial charge is 0.474 e. The Balaban J connectivity index is 1.53. The van der Waals surface area contributed by atoms with Crippen LogP contribution in [0.1, 0.15) is 25.7 Å². The molecule has 1 saturated carbocycles. The first-order valence-electron chi connectivity index (χ1n) is 8.02. The van der Waals surface area contributed by atoms with E-state index in [9.17, 15) is 4.79 Å². The van der Waals surface area contributed by atoms with E-state index in [0.717, 1.165) is 38.8 Å². The van der Waals surface area contributed by atoms with Crippen LogP contribution < -0.4 is 15.0 Å². The molecule has 0 atom stereocenters. The summed E-state index contributed by atoms with van der Waals surface area (Å²) in [6.07, 6.45) is 4.06. The highest BCUT2D eigenvalue weighted by Gasteiger charge is 2.24. The maximum Gasteiger partial charge on any atom is 0.404 e. The van der Waals surface area contributed by atoms with Gasteiger partial charge in [0.25, 0.3) is 0 Å². The van der Waals surface area contributed by atoms with Crippen LogP contribution in [0, 0.1) is 0 Å². The zero-order valence-corrected chi connectivity index (χ0v) is 13.0. The molecule has 0 aromatic carbocycles. The molecule has 8 nitrogen and oxygen atoms in total. The van der Waals surface area contributed by atoms with Crippen LogP contribution in [0.3, 0.4) is 0 Å². The zero-order chi connectivity index (χ0) is 16.1. The van der Waals surface area contributed by atoms with Gasteiger partial charge in [0.1, 0.15) is 6.10 Å². The molecule has 2 aliphatic rings. The molecule has 0 unspecified atom stereocenters. The summed E-state index contributed by atoms with van der Waals surface area (Å²) in [6.45, 7) is 2.95. The van der Waals surface area contributed by atoms with Crippen molar-refractivity contribution in [1.82, 2.24) is 15.3 Å². The minimum absolute atomic E-state index is 0.0293. The molecule has 0 radical (unpaired) electrons. The topological polar surface area (TPSA) is 96.8 Å². The molecule has 2 N–H and O–H groups in total.